The van der Waals surface area contributed by atoms with Gasteiger partial charge in [0.05, 0.1) is 24.8 Å². The molecule has 0 fully saturated rings. The van der Waals surface area contributed by atoms with Gasteiger partial charge in [0.1, 0.15) is 0 Å². The lowest BCUT2D eigenvalue weighted by Crippen LogP contribution is -2.56. The largest absolute Gasteiger partial charge is 0.381 e. The molecule has 12 heteroatoms. The van der Waals surface area contributed by atoms with E-state index in [-0.39, 0.29) is 25.8 Å². The number of carbonyl (C=O) groups is 4. The number of halogens is 2. The standard InChI is InChI=1S/C28H35F2N5O5/c1-18-8-6-7-11-20(18)15-33-24(37)16-35(17-28(2,29)30)27(40)25(38)22(14-19-9-4-3-5-10-19)34-26(39)21(31)12-13-23(32)36/h3-11,22,25,31,38H,12-17H2,1-2H3,(H2,32,36)(H,33,37)(H,34,39). The number of nitrogens with zero attached hydrogens (tertiary/aromatic N) is 1. The molecule has 0 heterocycles. The Balaban J connectivity index is 2.22. The summed E-state index contributed by atoms with van der Waals surface area (Å²) in [7, 11) is 0. The fourth-order valence-corrected chi connectivity index (χ4v) is 3.86. The van der Waals surface area contributed by atoms with Gasteiger partial charge in [-0.05, 0) is 30.0 Å². The first-order chi connectivity index (χ1) is 18.8. The van der Waals surface area contributed by atoms with Crippen LogP contribution in [0.1, 0.15) is 36.5 Å². The number of hydrogen-bond acceptors (Lipinski definition) is 6. The van der Waals surface area contributed by atoms with Crippen LogP contribution in [0.2, 0.25) is 0 Å². The molecule has 2 unspecified atom stereocenters. The minimum atomic E-state index is -3.39. The quantitative estimate of drug-likeness (QED) is 0.208. The molecule has 0 spiro atoms. The van der Waals surface area contributed by atoms with Gasteiger partial charge < -0.3 is 26.4 Å². The summed E-state index contributed by atoms with van der Waals surface area (Å²) in [5.41, 5.74) is 6.87. The molecule has 0 bridgehead atoms. The summed E-state index contributed by atoms with van der Waals surface area (Å²) in [6, 6.07) is 14.4. The third-order valence-corrected chi connectivity index (χ3v) is 6.00. The number of carbonyl (C=O) groups excluding carboxylic acids is 4. The van der Waals surface area contributed by atoms with Crippen molar-refractivity contribution in [3.05, 3.63) is 71.3 Å². The van der Waals surface area contributed by atoms with Crippen molar-refractivity contribution in [1.82, 2.24) is 15.5 Å². The van der Waals surface area contributed by atoms with Gasteiger partial charge in [-0.3, -0.25) is 24.6 Å². The smallest absolute Gasteiger partial charge is 0.265 e. The normalized spacial score (nSPS) is 12.6. The van der Waals surface area contributed by atoms with Gasteiger partial charge in [0.2, 0.25) is 11.8 Å². The molecule has 0 aliphatic carbocycles. The molecular formula is C28H35F2N5O5. The number of amides is 4. The number of rotatable bonds is 15. The molecule has 10 nitrogen and oxygen atoms in total. The van der Waals surface area contributed by atoms with Gasteiger partial charge >= 0.3 is 0 Å². The lowest BCUT2D eigenvalue weighted by molar-refractivity contribution is -0.149. The van der Waals surface area contributed by atoms with Crippen LogP contribution in [0.3, 0.4) is 0 Å². The Morgan fingerprint density at radius 3 is 2.27 bits per heavy atom. The number of nitrogens with one attached hydrogen (secondary N) is 3. The number of benzene rings is 2. The van der Waals surface area contributed by atoms with Crippen LogP contribution in [-0.2, 0) is 32.1 Å². The van der Waals surface area contributed by atoms with E-state index in [1.807, 2.05) is 19.1 Å². The summed E-state index contributed by atoms with van der Waals surface area (Å²) in [5.74, 6) is -6.98. The van der Waals surface area contributed by atoms with Gasteiger partial charge in [0, 0.05) is 26.3 Å². The number of aliphatic hydroxyl groups excluding tert-OH is 1. The van der Waals surface area contributed by atoms with Crippen molar-refractivity contribution in [3.63, 3.8) is 0 Å². The Morgan fingerprint density at radius 2 is 1.68 bits per heavy atom. The zero-order valence-corrected chi connectivity index (χ0v) is 22.5. The predicted molar refractivity (Wildman–Crippen MR) is 144 cm³/mol. The van der Waals surface area contributed by atoms with Crippen molar-refractivity contribution in [2.24, 2.45) is 5.73 Å². The number of aliphatic hydroxyl groups is 1. The minimum absolute atomic E-state index is 0.0849. The van der Waals surface area contributed by atoms with Crippen LogP contribution in [0.25, 0.3) is 0 Å². The van der Waals surface area contributed by atoms with Crippen molar-refractivity contribution in [2.45, 2.75) is 57.7 Å². The SMILES string of the molecule is Cc1ccccc1CNC(=O)CN(CC(C)(F)F)C(=O)C(O)C(Cc1ccccc1)NC(=O)C(=N)CCC(N)=O. The van der Waals surface area contributed by atoms with Crippen molar-refractivity contribution in [3.8, 4) is 0 Å². The minimum Gasteiger partial charge on any atom is -0.381 e. The molecule has 6 N–H and O–H groups in total. The fraction of sp³-hybridized carbons (Fsp3) is 0.393. The van der Waals surface area contributed by atoms with Gasteiger partial charge in [-0.15, -0.1) is 0 Å². The molecule has 2 aromatic carbocycles. The number of nitrogens with two attached hydrogens (primary N) is 1. The van der Waals surface area contributed by atoms with E-state index >= 15 is 0 Å². The zero-order valence-electron chi connectivity index (χ0n) is 22.5. The third-order valence-electron chi connectivity index (χ3n) is 6.00. The molecule has 0 saturated heterocycles. The van der Waals surface area contributed by atoms with Crippen LogP contribution in [-0.4, -0.2) is 70.5 Å². The van der Waals surface area contributed by atoms with Crippen molar-refractivity contribution < 1.29 is 33.1 Å². The van der Waals surface area contributed by atoms with Gasteiger partial charge in [-0.25, -0.2) is 8.78 Å². The fourth-order valence-electron chi connectivity index (χ4n) is 3.86. The van der Waals surface area contributed by atoms with Gasteiger partial charge in [-0.1, -0.05) is 54.6 Å². The Morgan fingerprint density at radius 1 is 1.05 bits per heavy atom. The Bertz CT molecular complexity index is 1200. The monoisotopic (exact) mass is 559 g/mol. The van der Waals surface area contributed by atoms with E-state index < -0.39 is 60.5 Å². The number of aryl methyl sites for hydroxylation is 1. The second-order valence-corrected chi connectivity index (χ2v) is 9.63. The van der Waals surface area contributed by atoms with E-state index in [2.05, 4.69) is 10.6 Å². The third kappa shape index (κ3) is 10.9. The van der Waals surface area contributed by atoms with Crippen LogP contribution in [0.4, 0.5) is 8.78 Å². The molecule has 40 heavy (non-hydrogen) atoms. The van der Waals surface area contributed by atoms with Crippen molar-refractivity contribution >= 4 is 29.3 Å². The summed E-state index contributed by atoms with van der Waals surface area (Å²) in [5, 5.41) is 23.9. The molecule has 2 rings (SSSR count). The molecular weight excluding hydrogens is 524 g/mol. The number of primary amides is 1. The van der Waals surface area contributed by atoms with Gasteiger partial charge in [0.15, 0.2) is 6.10 Å². The Labute approximate surface area is 231 Å². The molecule has 2 atom stereocenters. The zero-order chi connectivity index (χ0) is 29.9. The first kappa shape index (κ1) is 32.0. The number of hydrogen-bond donors (Lipinski definition) is 5. The van der Waals surface area contributed by atoms with Gasteiger partial charge in [-0.2, -0.15) is 0 Å². The van der Waals surface area contributed by atoms with Crippen LogP contribution in [0, 0.1) is 12.3 Å². The average Bonchev–Trinajstić information content (AvgIpc) is 2.89. The average molecular weight is 560 g/mol. The lowest BCUT2D eigenvalue weighted by atomic mass is 9.99. The van der Waals surface area contributed by atoms with E-state index in [9.17, 15) is 33.1 Å². The van der Waals surface area contributed by atoms with Crippen molar-refractivity contribution in [1.29, 1.82) is 5.41 Å². The van der Waals surface area contributed by atoms with Gasteiger partial charge in [0.25, 0.3) is 17.7 Å². The first-order valence-electron chi connectivity index (χ1n) is 12.6. The molecule has 216 valence electrons. The van der Waals surface area contributed by atoms with Crippen LogP contribution in [0.5, 0.6) is 0 Å². The van der Waals surface area contributed by atoms with Crippen LogP contribution in [0.15, 0.2) is 54.6 Å². The maximum absolute atomic E-state index is 14.0. The molecule has 0 aromatic heterocycles. The van der Waals surface area contributed by atoms with Crippen LogP contribution >= 0.6 is 0 Å². The topological polar surface area (TPSA) is 166 Å². The highest BCUT2D eigenvalue weighted by Gasteiger charge is 2.36. The highest BCUT2D eigenvalue weighted by molar-refractivity contribution is 6.37. The van der Waals surface area contributed by atoms with Crippen molar-refractivity contribution in [2.75, 3.05) is 13.1 Å². The summed E-state index contributed by atoms with van der Waals surface area (Å²) >= 11 is 0. The predicted octanol–water partition coefficient (Wildman–Crippen LogP) is 1.47. The molecule has 2 aromatic rings. The van der Waals surface area contributed by atoms with E-state index in [0.717, 1.165) is 11.1 Å². The summed E-state index contributed by atoms with van der Waals surface area (Å²) < 4.78 is 28.0. The Kier molecular flexibility index (Phi) is 11.9. The van der Waals surface area contributed by atoms with E-state index in [1.54, 1.807) is 42.5 Å². The molecule has 0 saturated carbocycles. The maximum Gasteiger partial charge on any atom is 0.265 e. The lowest BCUT2D eigenvalue weighted by Gasteiger charge is -2.31. The first-order valence-corrected chi connectivity index (χ1v) is 12.6. The van der Waals surface area contributed by atoms with E-state index in [4.69, 9.17) is 11.1 Å². The highest BCUT2D eigenvalue weighted by atomic mass is 19.3. The summed E-state index contributed by atoms with van der Waals surface area (Å²) in [4.78, 5) is 50.1. The summed E-state index contributed by atoms with van der Waals surface area (Å²) in [6.07, 6.45) is -2.63. The molecule has 4 amide bonds. The molecule has 0 aliphatic heterocycles. The molecule has 0 radical (unpaired) electrons. The summed E-state index contributed by atoms with van der Waals surface area (Å²) in [6.45, 7) is 0.625. The second-order valence-electron chi connectivity index (χ2n) is 9.63. The van der Waals surface area contributed by atoms with Crippen LogP contribution < -0.4 is 16.4 Å². The number of alkyl halides is 2. The van der Waals surface area contributed by atoms with E-state index in [1.165, 1.54) is 0 Å². The van der Waals surface area contributed by atoms with E-state index in [0.29, 0.717) is 17.4 Å². The highest BCUT2D eigenvalue weighted by Crippen LogP contribution is 2.16. The molecule has 0 aliphatic rings. The maximum atomic E-state index is 14.0. The Hall–Kier alpha value is -4.19. The second kappa shape index (κ2) is 14.8.